The van der Waals surface area contributed by atoms with Crippen LogP contribution in [0.3, 0.4) is 0 Å². The molecule has 4 amide bonds. The predicted octanol–water partition coefficient (Wildman–Crippen LogP) is -1.19. The summed E-state index contributed by atoms with van der Waals surface area (Å²) in [6.07, 6.45) is 2.49. The third-order valence-corrected chi connectivity index (χ3v) is 5.04. The van der Waals surface area contributed by atoms with E-state index in [1.54, 1.807) is 0 Å². The van der Waals surface area contributed by atoms with Gasteiger partial charge in [-0.05, 0) is 13.3 Å². The van der Waals surface area contributed by atoms with Gasteiger partial charge in [-0.2, -0.15) is 0 Å². The number of nitrogens with zero attached hydrogens (tertiary/aromatic N) is 1. The summed E-state index contributed by atoms with van der Waals surface area (Å²) in [5.74, 6) is -2.91. The highest BCUT2D eigenvalue weighted by molar-refractivity contribution is 6.13. The number of ether oxygens (including phenoxy) is 4. The SMILES string of the molecule is CC(=O)CC[C@H](NC(=O)CCOCCOCCOCCOCCNC(=O)CCN1C(=O)C=CC1=O)C(=O)O. The highest BCUT2D eigenvalue weighted by Gasteiger charge is 2.23. The van der Waals surface area contributed by atoms with Gasteiger partial charge >= 0.3 is 5.97 Å². The number of carbonyl (C=O) groups is 6. The van der Waals surface area contributed by atoms with Crippen LogP contribution in [0.25, 0.3) is 0 Å². The zero-order valence-electron chi connectivity index (χ0n) is 21.6. The van der Waals surface area contributed by atoms with Crippen molar-refractivity contribution in [2.75, 3.05) is 65.9 Å². The number of hydrogen-bond acceptors (Lipinski definition) is 10. The highest BCUT2D eigenvalue weighted by Crippen LogP contribution is 2.04. The first-order valence-corrected chi connectivity index (χ1v) is 12.3. The van der Waals surface area contributed by atoms with Crippen LogP contribution in [0.5, 0.6) is 0 Å². The summed E-state index contributed by atoms with van der Waals surface area (Å²) in [6.45, 7) is 4.02. The topological polar surface area (TPSA) is 187 Å². The van der Waals surface area contributed by atoms with Gasteiger partial charge in [0, 0.05) is 44.5 Å². The second-order valence-corrected chi connectivity index (χ2v) is 8.16. The summed E-state index contributed by atoms with van der Waals surface area (Å²) >= 11 is 0. The number of carboxylic acid groups (broad SMARTS) is 1. The molecule has 1 aliphatic heterocycles. The maximum atomic E-state index is 11.8. The van der Waals surface area contributed by atoms with Crippen molar-refractivity contribution in [1.29, 1.82) is 0 Å². The van der Waals surface area contributed by atoms with E-state index in [4.69, 9.17) is 24.1 Å². The van der Waals surface area contributed by atoms with Gasteiger partial charge in [0.05, 0.1) is 52.9 Å². The summed E-state index contributed by atoms with van der Waals surface area (Å²) in [4.78, 5) is 69.4. The smallest absolute Gasteiger partial charge is 0.326 e. The molecule has 0 radical (unpaired) electrons. The summed E-state index contributed by atoms with van der Waals surface area (Å²) in [5.41, 5.74) is 0. The fourth-order valence-electron chi connectivity index (χ4n) is 3.01. The Hall–Kier alpha value is -3.20. The molecule has 0 unspecified atom stereocenters. The molecule has 0 aromatic carbocycles. The van der Waals surface area contributed by atoms with Gasteiger partial charge in [-0.3, -0.25) is 24.1 Å². The minimum atomic E-state index is -1.19. The van der Waals surface area contributed by atoms with Gasteiger partial charge < -0.3 is 39.5 Å². The zero-order valence-corrected chi connectivity index (χ0v) is 21.6. The number of nitrogens with one attached hydrogen (secondary N) is 2. The van der Waals surface area contributed by atoms with E-state index in [9.17, 15) is 28.8 Å². The summed E-state index contributed by atoms with van der Waals surface area (Å²) in [5, 5.41) is 14.1. The fourth-order valence-corrected chi connectivity index (χ4v) is 3.01. The van der Waals surface area contributed by atoms with Crippen LogP contribution in [0.4, 0.5) is 0 Å². The quantitative estimate of drug-likeness (QED) is 0.104. The number of carbonyl (C=O) groups excluding carboxylic acids is 5. The van der Waals surface area contributed by atoms with E-state index in [0.717, 1.165) is 4.90 Å². The first-order valence-electron chi connectivity index (χ1n) is 12.3. The summed E-state index contributed by atoms with van der Waals surface area (Å²) < 4.78 is 21.3. The molecule has 214 valence electrons. The van der Waals surface area contributed by atoms with Crippen LogP contribution in [0.1, 0.15) is 32.6 Å². The van der Waals surface area contributed by atoms with Crippen molar-refractivity contribution in [2.24, 2.45) is 0 Å². The zero-order chi connectivity index (χ0) is 28.2. The first kappa shape index (κ1) is 32.8. The Morgan fingerprint density at radius 2 is 1.32 bits per heavy atom. The van der Waals surface area contributed by atoms with Gasteiger partial charge in [0.1, 0.15) is 11.8 Å². The second-order valence-electron chi connectivity index (χ2n) is 8.16. The van der Waals surface area contributed by atoms with Crippen LogP contribution in [0.15, 0.2) is 12.2 Å². The predicted molar refractivity (Wildman–Crippen MR) is 131 cm³/mol. The van der Waals surface area contributed by atoms with Crippen molar-refractivity contribution in [3.05, 3.63) is 12.2 Å². The molecular formula is C24H37N3O11. The molecular weight excluding hydrogens is 506 g/mol. The molecule has 0 aromatic rings. The number of Topliss-reactive ketones (excluding diaryl/α,β-unsaturated/α-hetero) is 1. The standard InChI is InChI=1S/C24H37N3O11/c1-18(28)2-3-19(24(33)34)26-21(30)7-10-35-12-14-37-16-17-38-15-13-36-11-8-25-20(29)6-9-27-22(31)4-5-23(27)32/h4-5,19H,2-3,6-17H2,1H3,(H,25,29)(H,26,30)(H,33,34)/t19-/m0/s1. The van der Waals surface area contributed by atoms with Gasteiger partial charge in [0.25, 0.3) is 11.8 Å². The van der Waals surface area contributed by atoms with E-state index in [2.05, 4.69) is 10.6 Å². The fraction of sp³-hybridized carbons (Fsp3) is 0.667. The van der Waals surface area contributed by atoms with Crippen LogP contribution in [-0.2, 0) is 47.7 Å². The Kier molecular flexibility index (Phi) is 17.1. The third kappa shape index (κ3) is 15.8. The van der Waals surface area contributed by atoms with Crippen molar-refractivity contribution < 1.29 is 52.8 Å². The van der Waals surface area contributed by atoms with Crippen molar-refractivity contribution in [3.63, 3.8) is 0 Å². The normalized spacial score (nSPS) is 13.6. The van der Waals surface area contributed by atoms with Crippen molar-refractivity contribution >= 4 is 35.4 Å². The monoisotopic (exact) mass is 543 g/mol. The number of amides is 4. The van der Waals surface area contributed by atoms with E-state index in [1.807, 2.05) is 0 Å². The van der Waals surface area contributed by atoms with Crippen LogP contribution >= 0.6 is 0 Å². The first-order chi connectivity index (χ1) is 18.2. The van der Waals surface area contributed by atoms with E-state index < -0.39 is 29.7 Å². The molecule has 14 heteroatoms. The maximum Gasteiger partial charge on any atom is 0.326 e. The Morgan fingerprint density at radius 1 is 0.789 bits per heavy atom. The molecule has 14 nitrogen and oxygen atoms in total. The number of ketones is 1. The molecule has 1 heterocycles. The number of rotatable bonds is 23. The van der Waals surface area contributed by atoms with Gasteiger partial charge in [0.2, 0.25) is 11.8 Å². The molecule has 1 rings (SSSR count). The summed E-state index contributed by atoms with van der Waals surface area (Å²) in [6, 6.07) is -1.10. The van der Waals surface area contributed by atoms with E-state index >= 15 is 0 Å². The van der Waals surface area contributed by atoms with Crippen LogP contribution in [0.2, 0.25) is 0 Å². The van der Waals surface area contributed by atoms with Crippen LogP contribution < -0.4 is 10.6 Å². The Labute approximate surface area is 221 Å². The van der Waals surface area contributed by atoms with Crippen molar-refractivity contribution in [3.8, 4) is 0 Å². The van der Waals surface area contributed by atoms with E-state index in [0.29, 0.717) is 46.2 Å². The molecule has 0 bridgehead atoms. The lowest BCUT2D eigenvalue weighted by molar-refractivity contribution is -0.142. The molecule has 0 saturated heterocycles. The van der Waals surface area contributed by atoms with Gasteiger partial charge in [-0.25, -0.2) is 4.79 Å². The number of carboxylic acids is 1. The Bertz CT molecular complexity index is 813. The van der Waals surface area contributed by atoms with Crippen molar-refractivity contribution in [2.45, 2.75) is 38.6 Å². The Balaban J connectivity index is 1.86. The third-order valence-electron chi connectivity index (χ3n) is 5.04. The molecule has 0 spiro atoms. The van der Waals surface area contributed by atoms with Crippen LogP contribution in [-0.4, -0.2) is 117 Å². The minimum absolute atomic E-state index is 0.00498. The number of aliphatic carboxylic acids is 1. The van der Waals surface area contributed by atoms with Gasteiger partial charge in [0.15, 0.2) is 0 Å². The molecule has 1 aliphatic rings. The summed E-state index contributed by atoms with van der Waals surface area (Å²) in [7, 11) is 0. The molecule has 0 aliphatic carbocycles. The molecule has 0 aromatic heterocycles. The highest BCUT2D eigenvalue weighted by atomic mass is 16.6. The van der Waals surface area contributed by atoms with Crippen molar-refractivity contribution in [1.82, 2.24) is 15.5 Å². The molecule has 38 heavy (non-hydrogen) atoms. The molecule has 3 N–H and O–H groups in total. The maximum absolute atomic E-state index is 11.8. The van der Waals surface area contributed by atoms with Gasteiger partial charge in [-0.1, -0.05) is 0 Å². The lowest BCUT2D eigenvalue weighted by Gasteiger charge is -2.13. The molecule has 1 atom stereocenters. The Morgan fingerprint density at radius 3 is 1.84 bits per heavy atom. The average molecular weight is 544 g/mol. The largest absolute Gasteiger partial charge is 0.480 e. The minimum Gasteiger partial charge on any atom is -0.480 e. The number of hydrogen-bond donors (Lipinski definition) is 3. The second kappa shape index (κ2) is 19.9. The van der Waals surface area contributed by atoms with E-state index in [-0.39, 0.29) is 57.1 Å². The average Bonchev–Trinajstić information content (AvgIpc) is 3.19. The number of imide groups is 1. The molecule has 0 saturated carbocycles. The van der Waals surface area contributed by atoms with E-state index in [1.165, 1.54) is 19.1 Å². The lowest BCUT2D eigenvalue weighted by atomic mass is 10.1. The van der Waals surface area contributed by atoms with Crippen LogP contribution in [0, 0.1) is 0 Å². The molecule has 0 fully saturated rings. The lowest BCUT2D eigenvalue weighted by Crippen LogP contribution is -2.41. The van der Waals surface area contributed by atoms with Gasteiger partial charge in [-0.15, -0.1) is 0 Å².